The van der Waals surface area contributed by atoms with Crippen molar-refractivity contribution in [3.05, 3.63) is 28.8 Å². The summed E-state index contributed by atoms with van der Waals surface area (Å²) in [6.45, 7) is 6.98. The van der Waals surface area contributed by atoms with E-state index >= 15 is 0 Å². The van der Waals surface area contributed by atoms with Crippen molar-refractivity contribution in [1.82, 2.24) is 0 Å². The normalized spacial score (nSPS) is 14.6. The third-order valence-corrected chi connectivity index (χ3v) is 3.20. The number of aliphatic hydroxyl groups is 1. The molecule has 0 fully saturated rings. The molecular weight excluding hydrogens is 232 g/mol. The molecule has 0 heterocycles. The number of rotatable bonds is 4. The first-order valence-electron chi connectivity index (χ1n) is 5.96. The van der Waals surface area contributed by atoms with Crippen LogP contribution < -0.4 is 0 Å². The van der Waals surface area contributed by atoms with E-state index in [0.717, 1.165) is 0 Å². The van der Waals surface area contributed by atoms with Crippen LogP contribution in [0.3, 0.4) is 0 Å². The molecule has 4 heteroatoms. The number of aliphatic hydroxyl groups excluding tert-OH is 1. The summed E-state index contributed by atoms with van der Waals surface area (Å²) in [6, 6.07) is 3.26. The Kier molecular flexibility index (Phi) is 4.35. The van der Waals surface area contributed by atoms with Crippen LogP contribution in [0.2, 0.25) is 0 Å². The van der Waals surface area contributed by atoms with Crippen molar-refractivity contribution in [3.63, 3.8) is 0 Å². The van der Waals surface area contributed by atoms with Crippen molar-refractivity contribution in [3.8, 4) is 5.75 Å². The monoisotopic (exact) mass is 252 g/mol. The van der Waals surface area contributed by atoms with E-state index in [9.17, 15) is 15.0 Å². The van der Waals surface area contributed by atoms with E-state index in [1.54, 1.807) is 39.8 Å². The third kappa shape index (κ3) is 2.82. The first-order valence-corrected chi connectivity index (χ1v) is 5.96. The van der Waals surface area contributed by atoms with E-state index < -0.39 is 18.0 Å². The zero-order chi connectivity index (χ0) is 14.0. The lowest BCUT2D eigenvalue weighted by Gasteiger charge is -2.23. The van der Waals surface area contributed by atoms with Crippen LogP contribution in [0.15, 0.2) is 12.1 Å². The van der Waals surface area contributed by atoms with Gasteiger partial charge < -0.3 is 15.3 Å². The fraction of sp³-hybridized carbons (Fsp3) is 0.500. The van der Waals surface area contributed by atoms with Gasteiger partial charge in [0.1, 0.15) is 5.75 Å². The standard InChI is InChI=1S/C14H20O4/c1-7(2)11(14(17)18)13(16)10-5-8(3)12(15)9(4)6-10/h5-7,11,13,15-16H,1-4H3,(H,17,18). The molecule has 0 bridgehead atoms. The molecule has 4 nitrogen and oxygen atoms in total. The lowest BCUT2D eigenvalue weighted by molar-refractivity contribution is -0.148. The minimum Gasteiger partial charge on any atom is -0.507 e. The molecule has 0 aromatic heterocycles. The SMILES string of the molecule is Cc1cc(C(O)C(C(=O)O)C(C)C)cc(C)c1O. The predicted molar refractivity (Wildman–Crippen MR) is 68.5 cm³/mol. The van der Waals surface area contributed by atoms with Crippen molar-refractivity contribution >= 4 is 5.97 Å². The van der Waals surface area contributed by atoms with Crippen molar-refractivity contribution in [2.24, 2.45) is 11.8 Å². The van der Waals surface area contributed by atoms with Crippen molar-refractivity contribution in [2.75, 3.05) is 0 Å². The Labute approximate surface area is 107 Å². The van der Waals surface area contributed by atoms with Crippen LogP contribution >= 0.6 is 0 Å². The quantitative estimate of drug-likeness (QED) is 0.769. The Morgan fingerprint density at radius 3 is 1.94 bits per heavy atom. The molecule has 100 valence electrons. The van der Waals surface area contributed by atoms with Gasteiger partial charge in [-0.1, -0.05) is 13.8 Å². The van der Waals surface area contributed by atoms with Gasteiger partial charge in [-0.05, 0) is 48.6 Å². The number of aliphatic carboxylic acids is 1. The summed E-state index contributed by atoms with van der Waals surface area (Å²) < 4.78 is 0. The molecule has 18 heavy (non-hydrogen) atoms. The number of benzene rings is 1. The van der Waals surface area contributed by atoms with Crippen molar-refractivity contribution in [2.45, 2.75) is 33.8 Å². The van der Waals surface area contributed by atoms with E-state index in [1.807, 2.05) is 0 Å². The number of carboxylic acids is 1. The Morgan fingerprint density at radius 2 is 1.61 bits per heavy atom. The Hall–Kier alpha value is -1.55. The maximum atomic E-state index is 11.2. The van der Waals surface area contributed by atoms with Crippen LogP contribution in [-0.2, 0) is 4.79 Å². The second-order valence-electron chi connectivity index (χ2n) is 5.06. The minimum absolute atomic E-state index is 0.174. The molecule has 0 aliphatic rings. The Balaban J connectivity index is 3.17. The molecule has 2 unspecified atom stereocenters. The number of phenols is 1. The summed E-state index contributed by atoms with van der Waals surface area (Å²) in [7, 11) is 0. The maximum absolute atomic E-state index is 11.2. The molecule has 3 N–H and O–H groups in total. The van der Waals surface area contributed by atoms with Crippen molar-refractivity contribution < 1.29 is 20.1 Å². The van der Waals surface area contributed by atoms with Gasteiger partial charge in [0, 0.05) is 0 Å². The number of carboxylic acid groups (broad SMARTS) is 1. The average Bonchev–Trinajstić information content (AvgIpc) is 2.23. The van der Waals surface area contributed by atoms with Gasteiger partial charge in [-0.15, -0.1) is 0 Å². The van der Waals surface area contributed by atoms with Crippen LogP contribution in [0.4, 0.5) is 0 Å². The zero-order valence-corrected chi connectivity index (χ0v) is 11.1. The molecule has 1 aromatic rings. The van der Waals surface area contributed by atoms with Crippen LogP contribution in [0.1, 0.15) is 36.6 Å². The van der Waals surface area contributed by atoms with Gasteiger partial charge in [0.15, 0.2) is 0 Å². The molecule has 0 aliphatic carbocycles. The van der Waals surface area contributed by atoms with Gasteiger partial charge >= 0.3 is 5.97 Å². The van der Waals surface area contributed by atoms with E-state index in [2.05, 4.69) is 0 Å². The Bertz CT molecular complexity index is 428. The predicted octanol–water partition coefficient (Wildman–Crippen LogP) is 2.40. The molecule has 0 radical (unpaired) electrons. The number of hydrogen-bond acceptors (Lipinski definition) is 3. The van der Waals surface area contributed by atoms with E-state index in [-0.39, 0.29) is 11.7 Å². The molecular formula is C14H20O4. The van der Waals surface area contributed by atoms with E-state index in [4.69, 9.17) is 5.11 Å². The molecule has 1 rings (SSSR count). The van der Waals surface area contributed by atoms with Crippen LogP contribution in [-0.4, -0.2) is 21.3 Å². The largest absolute Gasteiger partial charge is 0.507 e. The molecule has 1 aromatic carbocycles. The van der Waals surface area contributed by atoms with Gasteiger partial charge in [-0.3, -0.25) is 4.79 Å². The summed E-state index contributed by atoms with van der Waals surface area (Å²) >= 11 is 0. The summed E-state index contributed by atoms with van der Waals surface area (Å²) in [6.07, 6.45) is -1.07. The highest BCUT2D eigenvalue weighted by Crippen LogP contribution is 2.32. The van der Waals surface area contributed by atoms with Gasteiger partial charge in [0.25, 0.3) is 0 Å². The first kappa shape index (κ1) is 14.5. The summed E-state index contributed by atoms with van der Waals surface area (Å²) in [5, 5.41) is 29.0. The summed E-state index contributed by atoms with van der Waals surface area (Å²) in [5.74, 6) is -1.86. The minimum atomic E-state index is -1.07. The number of carbonyl (C=O) groups is 1. The highest BCUT2D eigenvalue weighted by Gasteiger charge is 2.31. The number of aryl methyl sites for hydroxylation is 2. The molecule has 0 saturated heterocycles. The van der Waals surface area contributed by atoms with Crippen molar-refractivity contribution in [1.29, 1.82) is 0 Å². The summed E-state index contributed by atoms with van der Waals surface area (Å²) in [5.41, 5.74) is 1.80. The Morgan fingerprint density at radius 1 is 1.17 bits per heavy atom. The first-order chi connectivity index (χ1) is 8.25. The van der Waals surface area contributed by atoms with Gasteiger partial charge in [-0.25, -0.2) is 0 Å². The average molecular weight is 252 g/mol. The van der Waals surface area contributed by atoms with Gasteiger partial charge in [0.05, 0.1) is 12.0 Å². The number of aromatic hydroxyl groups is 1. The maximum Gasteiger partial charge on any atom is 0.309 e. The zero-order valence-electron chi connectivity index (χ0n) is 11.1. The van der Waals surface area contributed by atoms with E-state index in [0.29, 0.717) is 16.7 Å². The smallest absolute Gasteiger partial charge is 0.309 e. The van der Waals surface area contributed by atoms with Gasteiger partial charge in [0.2, 0.25) is 0 Å². The fourth-order valence-electron chi connectivity index (χ4n) is 2.15. The third-order valence-electron chi connectivity index (χ3n) is 3.20. The molecule has 0 amide bonds. The lowest BCUT2D eigenvalue weighted by Crippen LogP contribution is -2.27. The lowest BCUT2D eigenvalue weighted by atomic mass is 9.85. The fourth-order valence-corrected chi connectivity index (χ4v) is 2.15. The second-order valence-corrected chi connectivity index (χ2v) is 5.06. The number of hydrogen-bond donors (Lipinski definition) is 3. The molecule has 0 spiro atoms. The summed E-state index contributed by atoms with van der Waals surface area (Å²) in [4.78, 5) is 11.2. The molecule has 0 saturated carbocycles. The topological polar surface area (TPSA) is 77.8 Å². The highest BCUT2D eigenvalue weighted by atomic mass is 16.4. The molecule has 2 atom stereocenters. The van der Waals surface area contributed by atoms with Gasteiger partial charge in [-0.2, -0.15) is 0 Å². The van der Waals surface area contributed by atoms with Crippen LogP contribution in [0, 0.1) is 25.7 Å². The van der Waals surface area contributed by atoms with Crippen LogP contribution in [0.5, 0.6) is 5.75 Å². The highest BCUT2D eigenvalue weighted by molar-refractivity contribution is 5.71. The number of phenolic OH excluding ortho intramolecular Hbond substituents is 1. The van der Waals surface area contributed by atoms with E-state index in [1.165, 1.54) is 0 Å². The molecule has 0 aliphatic heterocycles. The second kappa shape index (κ2) is 5.40. The van der Waals surface area contributed by atoms with Crippen LogP contribution in [0.25, 0.3) is 0 Å².